The number of rotatable bonds is 6. The predicted octanol–water partition coefficient (Wildman–Crippen LogP) is 1.27. The summed E-state index contributed by atoms with van der Waals surface area (Å²) in [5.41, 5.74) is 5.62. The third-order valence-corrected chi connectivity index (χ3v) is 3.47. The van der Waals surface area contributed by atoms with E-state index in [1.165, 1.54) is 0 Å². The maximum absolute atomic E-state index is 12.0. The highest BCUT2D eigenvalue weighted by atomic mass is 16.5. The minimum absolute atomic E-state index is 0.0230. The summed E-state index contributed by atoms with van der Waals surface area (Å²) in [6.45, 7) is 4.83. The van der Waals surface area contributed by atoms with Crippen molar-refractivity contribution in [2.45, 2.75) is 13.3 Å². The van der Waals surface area contributed by atoms with Gasteiger partial charge in [-0.3, -0.25) is 4.79 Å². The number of nitrogens with two attached hydrogens (primary N) is 1. The van der Waals surface area contributed by atoms with Crippen molar-refractivity contribution in [2.75, 3.05) is 32.8 Å². The first-order chi connectivity index (χ1) is 9.72. The van der Waals surface area contributed by atoms with Crippen LogP contribution < -0.4 is 15.2 Å². The van der Waals surface area contributed by atoms with Gasteiger partial charge in [0.15, 0.2) is 6.61 Å². The quantitative estimate of drug-likeness (QED) is 0.851. The van der Waals surface area contributed by atoms with Gasteiger partial charge in [-0.15, -0.1) is 0 Å². The molecule has 0 aliphatic carbocycles. The topological polar surface area (TPSA) is 64.8 Å². The van der Waals surface area contributed by atoms with Crippen LogP contribution in [0.1, 0.15) is 13.3 Å². The van der Waals surface area contributed by atoms with Gasteiger partial charge in [-0.2, -0.15) is 0 Å². The average Bonchev–Trinajstić information content (AvgIpc) is 2.95. The van der Waals surface area contributed by atoms with Crippen molar-refractivity contribution < 1.29 is 14.3 Å². The van der Waals surface area contributed by atoms with E-state index < -0.39 is 0 Å². The lowest BCUT2D eigenvalue weighted by Gasteiger charge is -2.16. The second kappa shape index (κ2) is 7.14. The number of ether oxygens (including phenoxy) is 2. The van der Waals surface area contributed by atoms with E-state index in [0.717, 1.165) is 25.3 Å². The first-order valence-corrected chi connectivity index (χ1v) is 7.06. The highest BCUT2D eigenvalue weighted by Gasteiger charge is 2.25. The minimum atomic E-state index is 0.0230. The van der Waals surface area contributed by atoms with Crippen molar-refractivity contribution in [2.24, 2.45) is 11.7 Å². The van der Waals surface area contributed by atoms with E-state index in [4.69, 9.17) is 15.2 Å². The molecule has 0 aromatic heterocycles. The Morgan fingerprint density at radius 1 is 1.30 bits per heavy atom. The Bertz CT molecular complexity index is 433. The fourth-order valence-corrected chi connectivity index (χ4v) is 2.29. The maximum atomic E-state index is 12.0. The maximum Gasteiger partial charge on any atom is 0.260 e. The van der Waals surface area contributed by atoms with Crippen LogP contribution in [0.5, 0.6) is 11.5 Å². The summed E-state index contributed by atoms with van der Waals surface area (Å²) in [5.74, 6) is 1.94. The average molecular weight is 278 g/mol. The van der Waals surface area contributed by atoms with Crippen molar-refractivity contribution >= 4 is 5.91 Å². The number of nitrogens with zero attached hydrogens (tertiary/aromatic N) is 1. The third kappa shape index (κ3) is 3.87. The Morgan fingerprint density at radius 2 is 1.95 bits per heavy atom. The van der Waals surface area contributed by atoms with E-state index in [0.29, 0.717) is 24.8 Å². The zero-order valence-corrected chi connectivity index (χ0v) is 11.9. The van der Waals surface area contributed by atoms with E-state index in [9.17, 15) is 4.79 Å². The molecule has 1 saturated heterocycles. The molecule has 5 nitrogen and oxygen atoms in total. The summed E-state index contributed by atoms with van der Waals surface area (Å²) in [4.78, 5) is 13.8. The van der Waals surface area contributed by atoms with Crippen LogP contribution in [0.15, 0.2) is 24.3 Å². The molecule has 0 saturated carbocycles. The first-order valence-electron chi connectivity index (χ1n) is 7.06. The fraction of sp³-hybridized carbons (Fsp3) is 0.533. The molecule has 0 radical (unpaired) electrons. The van der Waals surface area contributed by atoms with E-state index in [1.807, 2.05) is 36.1 Å². The van der Waals surface area contributed by atoms with Crippen LogP contribution in [0.3, 0.4) is 0 Å². The summed E-state index contributed by atoms with van der Waals surface area (Å²) in [6, 6.07) is 7.29. The van der Waals surface area contributed by atoms with Gasteiger partial charge in [0.05, 0.1) is 6.61 Å². The van der Waals surface area contributed by atoms with Gasteiger partial charge in [0.1, 0.15) is 11.5 Å². The summed E-state index contributed by atoms with van der Waals surface area (Å²) in [5, 5.41) is 0. The molecular weight excluding hydrogens is 256 g/mol. The van der Waals surface area contributed by atoms with Gasteiger partial charge in [-0.05, 0) is 50.1 Å². The Hall–Kier alpha value is -1.75. The number of carbonyl (C=O) groups excluding carboxylic acids is 1. The molecule has 1 fully saturated rings. The monoisotopic (exact) mass is 278 g/mol. The second-order valence-electron chi connectivity index (χ2n) is 4.92. The largest absolute Gasteiger partial charge is 0.494 e. The van der Waals surface area contributed by atoms with E-state index in [1.54, 1.807) is 0 Å². The molecule has 0 spiro atoms. The van der Waals surface area contributed by atoms with Crippen molar-refractivity contribution in [3.63, 3.8) is 0 Å². The van der Waals surface area contributed by atoms with Gasteiger partial charge >= 0.3 is 0 Å². The van der Waals surface area contributed by atoms with Gasteiger partial charge in [-0.25, -0.2) is 0 Å². The minimum Gasteiger partial charge on any atom is -0.494 e. The lowest BCUT2D eigenvalue weighted by atomic mass is 10.1. The molecule has 1 aromatic rings. The third-order valence-electron chi connectivity index (χ3n) is 3.47. The highest BCUT2D eigenvalue weighted by molar-refractivity contribution is 5.78. The summed E-state index contributed by atoms with van der Waals surface area (Å²) in [7, 11) is 0. The van der Waals surface area contributed by atoms with Crippen LogP contribution in [0.25, 0.3) is 0 Å². The Morgan fingerprint density at radius 3 is 2.50 bits per heavy atom. The number of likely N-dealkylation sites (tertiary alicyclic amines) is 1. The molecule has 1 heterocycles. The number of benzene rings is 1. The molecule has 110 valence electrons. The van der Waals surface area contributed by atoms with Crippen molar-refractivity contribution in [1.29, 1.82) is 0 Å². The zero-order chi connectivity index (χ0) is 14.4. The van der Waals surface area contributed by atoms with E-state index >= 15 is 0 Å². The van der Waals surface area contributed by atoms with Crippen LogP contribution in [0.4, 0.5) is 0 Å². The highest BCUT2D eigenvalue weighted by Crippen LogP contribution is 2.18. The van der Waals surface area contributed by atoms with Gasteiger partial charge in [0, 0.05) is 13.1 Å². The second-order valence-corrected chi connectivity index (χ2v) is 4.92. The zero-order valence-electron chi connectivity index (χ0n) is 11.9. The van der Waals surface area contributed by atoms with Gasteiger partial charge in [0.25, 0.3) is 5.91 Å². The first kappa shape index (κ1) is 14.7. The molecule has 1 unspecified atom stereocenters. The molecule has 1 atom stereocenters. The van der Waals surface area contributed by atoms with Crippen LogP contribution in [-0.4, -0.2) is 43.7 Å². The SMILES string of the molecule is CCOc1ccc(OCC(=O)N2CCC(CN)C2)cc1. The van der Waals surface area contributed by atoms with Gasteiger partial charge < -0.3 is 20.1 Å². The lowest BCUT2D eigenvalue weighted by Crippen LogP contribution is -2.33. The van der Waals surface area contributed by atoms with Crippen LogP contribution in [0, 0.1) is 5.92 Å². The van der Waals surface area contributed by atoms with Gasteiger partial charge in [0.2, 0.25) is 0 Å². The molecule has 2 N–H and O–H groups in total. The van der Waals surface area contributed by atoms with Crippen LogP contribution in [0.2, 0.25) is 0 Å². The molecule has 1 amide bonds. The Labute approximate surface area is 119 Å². The molecule has 2 rings (SSSR count). The summed E-state index contributed by atoms with van der Waals surface area (Å²) in [6.07, 6.45) is 0.991. The molecule has 1 aliphatic rings. The smallest absolute Gasteiger partial charge is 0.260 e. The molecule has 20 heavy (non-hydrogen) atoms. The number of carbonyl (C=O) groups is 1. The molecular formula is C15H22N2O3. The molecule has 1 aliphatic heterocycles. The number of hydrogen-bond acceptors (Lipinski definition) is 4. The standard InChI is InChI=1S/C15H22N2O3/c1-2-19-13-3-5-14(6-4-13)20-11-15(18)17-8-7-12(9-16)10-17/h3-6,12H,2,7-11,16H2,1H3. The number of hydrogen-bond donors (Lipinski definition) is 1. The van der Waals surface area contributed by atoms with Crippen LogP contribution in [-0.2, 0) is 4.79 Å². The van der Waals surface area contributed by atoms with E-state index in [-0.39, 0.29) is 12.5 Å². The predicted molar refractivity (Wildman–Crippen MR) is 76.8 cm³/mol. The van der Waals surface area contributed by atoms with Gasteiger partial charge in [-0.1, -0.05) is 0 Å². The lowest BCUT2D eigenvalue weighted by molar-refractivity contribution is -0.132. The molecule has 0 bridgehead atoms. The Kier molecular flexibility index (Phi) is 5.24. The Balaban J connectivity index is 1.78. The summed E-state index contributed by atoms with van der Waals surface area (Å²) >= 11 is 0. The van der Waals surface area contributed by atoms with E-state index in [2.05, 4.69) is 0 Å². The fourth-order valence-electron chi connectivity index (χ4n) is 2.29. The normalized spacial score (nSPS) is 18.1. The van der Waals surface area contributed by atoms with Crippen LogP contribution >= 0.6 is 0 Å². The number of amides is 1. The molecule has 5 heteroatoms. The van der Waals surface area contributed by atoms with Crippen molar-refractivity contribution in [3.05, 3.63) is 24.3 Å². The summed E-state index contributed by atoms with van der Waals surface area (Å²) < 4.78 is 10.9. The molecule has 1 aromatic carbocycles. The van der Waals surface area contributed by atoms with Crippen molar-refractivity contribution in [1.82, 2.24) is 4.90 Å². The van der Waals surface area contributed by atoms with Crippen molar-refractivity contribution in [3.8, 4) is 11.5 Å².